The number of carbonyl (C=O) groups excluding carboxylic acids is 1. The van der Waals surface area contributed by atoms with Crippen LogP contribution in [-0.4, -0.2) is 24.7 Å². The Bertz CT molecular complexity index is 584. The average molecular weight is 285 g/mol. The van der Waals surface area contributed by atoms with Gasteiger partial charge in [-0.3, -0.25) is 9.78 Å². The van der Waals surface area contributed by atoms with Gasteiger partial charge >= 0.3 is 5.97 Å². The van der Waals surface area contributed by atoms with Gasteiger partial charge in [-0.05, 0) is 36.8 Å². The summed E-state index contributed by atoms with van der Waals surface area (Å²) in [5.74, 6) is 0.397. The molecule has 0 aliphatic heterocycles. The number of hydrogen-bond donors (Lipinski definition) is 0. The van der Waals surface area contributed by atoms with Crippen LogP contribution in [0.15, 0.2) is 48.7 Å². The van der Waals surface area contributed by atoms with E-state index < -0.39 is 0 Å². The lowest BCUT2D eigenvalue weighted by Gasteiger charge is -2.17. The van der Waals surface area contributed by atoms with Gasteiger partial charge in [-0.25, -0.2) is 0 Å². The minimum atomic E-state index is -0.226. The van der Waals surface area contributed by atoms with E-state index in [1.165, 1.54) is 0 Å². The second-order valence-corrected chi connectivity index (χ2v) is 4.59. The average Bonchev–Trinajstić information content (AvgIpc) is 2.54. The summed E-state index contributed by atoms with van der Waals surface area (Å²) in [6, 6.07) is 13.4. The standard InChI is InChI=1S/C17H19NO3/c1-3-21-17(19)12-15(16-9-4-5-10-18-16)13-7-6-8-14(11-13)20-2/h4-11,15H,3,12H2,1-2H3. The molecule has 0 radical (unpaired) electrons. The molecule has 0 fully saturated rings. The highest BCUT2D eigenvalue weighted by molar-refractivity contribution is 5.71. The summed E-state index contributed by atoms with van der Waals surface area (Å²) in [5, 5.41) is 0. The summed E-state index contributed by atoms with van der Waals surface area (Å²) < 4.78 is 10.3. The first kappa shape index (κ1) is 15.0. The minimum Gasteiger partial charge on any atom is -0.497 e. The molecular formula is C17H19NO3. The number of ether oxygens (including phenoxy) is 2. The van der Waals surface area contributed by atoms with Crippen molar-refractivity contribution in [2.24, 2.45) is 0 Å². The molecule has 0 N–H and O–H groups in total. The maximum atomic E-state index is 11.9. The highest BCUT2D eigenvalue weighted by Crippen LogP contribution is 2.29. The van der Waals surface area contributed by atoms with Crippen LogP contribution >= 0.6 is 0 Å². The molecule has 21 heavy (non-hydrogen) atoms. The number of methoxy groups -OCH3 is 1. The lowest BCUT2D eigenvalue weighted by molar-refractivity contribution is -0.143. The van der Waals surface area contributed by atoms with Gasteiger partial charge in [-0.15, -0.1) is 0 Å². The maximum absolute atomic E-state index is 11.9. The second-order valence-electron chi connectivity index (χ2n) is 4.59. The number of esters is 1. The second kappa shape index (κ2) is 7.43. The number of hydrogen-bond acceptors (Lipinski definition) is 4. The number of rotatable bonds is 6. The summed E-state index contributed by atoms with van der Waals surface area (Å²) >= 11 is 0. The van der Waals surface area contributed by atoms with E-state index in [-0.39, 0.29) is 18.3 Å². The van der Waals surface area contributed by atoms with Crippen LogP contribution in [0.1, 0.15) is 30.5 Å². The van der Waals surface area contributed by atoms with Gasteiger partial charge in [0.1, 0.15) is 5.75 Å². The third-order valence-electron chi connectivity index (χ3n) is 3.22. The first-order valence-corrected chi connectivity index (χ1v) is 6.95. The molecule has 1 unspecified atom stereocenters. The maximum Gasteiger partial charge on any atom is 0.306 e. The Labute approximate surface area is 124 Å². The summed E-state index contributed by atoms with van der Waals surface area (Å²) in [5.41, 5.74) is 1.83. The molecule has 4 heteroatoms. The van der Waals surface area contributed by atoms with E-state index in [4.69, 9.17) is 9.47 Å². The van der Waals surface area contributed by atoms with Crippen LogP contribution in [0.3, 0.4) is 0 Å². The largest absolute Gasteiger partial charge is 0.497 e. The van der Waals surface area contributed by atoms with Gasteiger partial charge in [0.15, 0.2) is 0 Å². The van der Waals surface area contributed by atoms with E-state index in [2.05, 4.69) is 4.98 Å². The zero-order valence-electron chi connectivity index (χ0n) is 12.3. The fraction of sp³-hybridized carbons (Fsp3) is 0.294. The molecular weight excluding hydrogens is 266 g/mol. The third kappa shape index (κ3) is 4.05. The van der Waals surface area contributed by atoms with E-state index in [0.29, 0.717) is 6.61 Å². The normalized spacial score (nSPS) is 11.7. The number of benzene rings is 1. The quantitative estimate of drug-likeness (QED) is 0.765. The summed E-state index contributed by atoms with van der Waals surface area (Å²) in [6.07, 6.45) is 1.99. The van der Waals surface area contributed by atoms with Crippen molar-refractivity contribution in [3.63, 3.8) is 0 Å². The summed E-state index contributed by atoms with van der Waals surface area (Å²) in [7, 11) is 1.63. The van der Waals surface area contributed by atoms with Crippen molar-refractivity contribution in [1.82, 2.24) is 4.98 Å². The molecule has 2 aromatic rings. The predicted octanol–water partition coefficient (Wildman–Crippen LogP) is 3.18. The van der Waals surface area contributed by atoms with Crippen molar-refractivity contribution in [3.8, 4) is 5.75 Å². The molecule has 0 aliphatic carbocycles. The Balaban J connectivity index is 2.33. The fourth-order valence-corrected chi connectivity index (χ4v) is 2.22. The number of aromatic nitrogens is 1. The van der Waals surface area contributed by atoms with E-state index >= 15 is 0 Å². The zero-order chi connectivity index (χ0) is 15.1. The lowest BCUT2D eigenvalue weighted by atomic mass is 9.92. The molecule has 0 amide bonds. The van der Waals surface area contributed by atoms with E-state index in [1.54, 1.807) is 20.2 Å². The zero-order valence-corrected chi connectivity index (χ0v) is 12.3. The van der Waals surface area contributed by atoms with Crippen molar-refractivity contribution in [3.05, 3.63) is 59.9 Å². The monoisotopic (exact) mass is 285 g/mol. The van der Waals surface area contributed by atoms with E-state index in [1.807, 2.05) is 42.5 Å². The molecule has 1 heterocycles. The van der Waals surface area contributed by atoms with Gasteiger partial charge in [0.25, 0.3) is 0 Å². The summed E-state index contributed by atoms with van der Waals surface area (Å²) in [4.78, 5) is 16.2. The number of nitrogens with zero attached hydrogens (tertiary/aromatic N) is 1. The topological polar surface area (TPSA) is 48.4 Å². The number of carbonyl (C=O) groups is 1. The molecule has 1 aromatic carbocycles. The van der Waals surface area contributed by atoms with Crippen LogP contribution < -0.4 is 4.74 Å². The molecule has 0 aliphatic rings. The van der Waals surface area contributed by atoms with Gasteiger partial charge in [-0.1, -0.05) is 18.2 Å². The Morgan fingerprint density at radius 2 is 2.10 bits per heavy atom. The Hall–Kier alpha value is -2.36. The van der Waals surface area contributed by atoms with Crippen molar-refractivity contribution in [2.75, 3.05) is 13.7 Å². The SMILES string of the molecule is CCOC(=O)CC(c1cccc(OC)c1)c1ccccn1. The first-order valence-electron chi connectivity index (χ1n) is 6.95. The van der Waals surface area contributed by atoms with Gasteiger partial charge in [0.05, 0.1) is 20.1 Å². The highest BCUT2D eigenvalue weighted by Gasteiger charge is 2.20. The van der Waals surface area contributed by atoms with Gasteiger partial charge in [0, 0.05) is 17.8 Å². The molecule has 0 bridgehead atoms. The Morgan fingerprint density at radius 3 is 2.76 bits per heavy atom. The summed E-state index contributed by atoms with van der Waals surface area (Å²) in [6.45, 7) is 2.19. The molecule has 110 valence electrons. The molecule has 0 saturated carbocycles. The predicted molar refractivity (Wildman–Crippen MR) is 80.3 cm³/mol. The molecule has 0 saturated heterocycles. The first-order chi connectivity index (χ1) is 10.2. The van der Waals surface area contributed by atoms with Crippen LogP contribution in [0.25, 0.3) is 0 Å². The minimum absolute atomic E-state index is 0.139. The molecule has 2 rings (SSSR count). The van der Waals surface area contributed by atoms with E-state index in [0.717, 1.165) is 17.0 Å². The molecule has 4 nitrogen and oxygen atoms in total. The van der Waals surface area contributed by atoms with Crippen LogP contribution in [-0.2, 0) is 9.53 Å². The van der Waals surface area contributed by atoms with Crippen LogP contribution in [0, 0.1) is 0 Å². The Kier molecular flexibility index (Phi) is 5.32. The fourth-order valence-electron chi connectivity index (χ4n) is 2.22. The number of pyridine rings is 1. The highest BCUT2D eigenvalue weighted by atomic mass is 16.5. The van der Waals surface area contributed by atoms with Gasteiger partial charge in [0.2, 0.25) is 0 Å². The van der Waals surface area contributed by atoms with Gasteiger partial charge in [-0.2, -0.15) is 0 Å². The third-order valence-corrected chi connectivity index (χ3v) is 3.22. The Morgan fingerprint density at radius 1 is 1.24 bits per heavy atom. The van der Waals surface area contributed by atoms with Crippen molar-refractivity contribution >= 4 is 5.97 Å². The smallest absolute Gasteiger partial charge is 0.306 e. The van der Waals surface area contributed by atoms with Crippen LogP contribution in [0.4, 0.5) is 0 Å². The van der Waals surface area contributed by atoms with Crippen molar-refractivity contribution < 1.29 is 14.3 Å². The van der Waals surface area contributed by atoms with Crippen molar-refractivity contribution in [2.45, 2.75) is 19.3 Å². The van der Waals surface area contributed by atoms with E-state index in [9.17, 15) is 4.79 Å². The molecule has 1 atom stereocenters. The van der Waals surface area contributed by atoms with Gasteiger partial charge < -0.3 is 9.47 Å². The van der Waals surface area contributed by atoms with Crippen LogP contribution in [0.5, 0.6) is 5.75 Å². The molecule has 0 spiro atoms. The van der Waals surface area contributed by atoms with Crippen molar-refractivity contribution in [1.29, 1.82) is 0 Å². The lowest BCUT2D eigenvalue weighted by Crippen LogP contribution is -2.12. The molecule has 1 aromatic heterocycles. The van der Waals surface area contributed by atoms with Crippen LogP contribution in [0.2, 0.25) is 0 Å².